The Hall–Kier alpha value is -1.22. The second-order valence-corrected chi connectivity index (χ2v) is 18.2. The molecule has 12 heteroatoms. The van der Waals surface area contributed by atoms with Crippen LogP contribution in [0, 0.1) is 17.8 Å². The fraction of sp³-hybridized carbons (Fsp3) is 0.778. The molecule has 48 heavy (non-hydrogen) atoms. The third-order valence-electron chi connectivity index (χ3n) is 7.11. The van der Waals surface area contributed by atoms with Gasteiger partial charge in [-0.15, -0.1) is 0 Å². The summed E-state index contributed by atoms with van der Waals surface area (Å²) >= 11 is 0. The SMILES string of the molecule is CCCCCc1cc(OCOP(=O)(OCC(C)C)OCC(C)C)c(C2C=C(C)CCC2)c(OCOP(=O)(OCC(C)C)OC(C)(C)C)c1. The molecular weight excluding hydrogens is 654 g/mol. The fourth-order valence-electron chi connectivity index (χ4n) is 4.89. The molecule has 0 N–H and O–H groups in total. The van der Waals surface area contributed by atoms with Crippen molar-refractivity contribution in [2.24, 2.45) is 17.8 Å². The fourth-order valence-corrected chi connectivity index (χ4v) is 7.77. The third-order valence-corrected chi connectivity index (χ3v) is 10.1. The summed E-state index contributed by atoms with van der Waals surface area (Å²) < 4.78 is 74.0. The predicted octanol–water partition coefficient (Wildman–Crippen LogP) is 11.4. The van der Waals surface area contributed by atoms with Gasteiger partial charge in [-0.3, -0.25) is 18.1 Å². The summed E-state index contributed by atoms with van der Waals surface area (Å²) in [7, 11) is -7.83. The highest BCUT2D eigenvalue weighted by Crippen LogP contribution is 2.53. The van der Waals surface area contributed by atoms with Gasteiger partial charge in [0.2, 0.25) is 0 Å². The summed E-state index contributed by atoms with van der Waals surface area (Å²) in [4.78, 5) is 0. The lowest BCUT2D eigenvalue weighted by Crippen LogP contribution is -2.21. The highest BCUT2D eigenvalue weighted by atomic mass is 31.2. The monoisotopic (exact) mass is 718 g/mol. The topological polar surface area (TPSA) is 108 Å². The first-order valence-electron chi connectivity index (χ1n) is 17.7. The van der Waals surface area contributed by atoms with Gasteiger partial charge in [-0.05, 0) is 95.2 Å². The standard InChI is InChI=1S/C36H64O10P2/c1-12-13-14-17-31-20-33(39-25-44-47(37,41-22-27(2)3)42-23-28(4)5)35(32-18-15-16-30(8)19-32)34(21-31)40-26-45-48(38,43-24-29(6)7)46-36(9,10)11/h19-21,27-29,32H,12-18,22-26H2,1-11H3. The molecule has 0 aromatic heterocycles. The summed E-state index contributed by atoms with van der Waals surface area (Å²) in [5.41, 5.74) is 2.34. The number of aryl methyl sites for hydroxylation is 1. The second-order valence-electron chi connectivity index (χ2n) is 14.9. The van der Waals surface area contributed by atoms with Crippen LogP contribution in [0.4, 0.5) is 0 Å². The van der Waals surface area contributed by atoms with Gasteiger partial charge < -0.3 is 9.47 Å². The molecule has 1 aromatic rings. The molecule has 0 saturated heterocycles. The predicted molar refractivity (Wildman–Crippen MR) is 192 cm³/mol. The molecule has 2 unspecified atom stereocenters. The van der Waals surface area contributed by atoms with Crippen LogP contribution in [-0.4, -0.2) is 39.0 Å². The lowest BCUT2D eigenvalue weighted by Gasteiger charge is -2.28. The number of unbranched alkanes of at least 4 members (excludes halogenated alkanes) is 2. The highest BCUT2D eigenvalue weighted by Gasteiger charge is 2.34. The van der Waals surface area contributed by atoms with E-state index in [1.54, 1.807) is 20.8 Å². The summed E-state index contributed by atoms with van der Waals surface area (Å²) in [6.45, 7) is 21.4. The van der Waals surface area contributed by atoms with E-state index in [-0.39, 0.29) is 57.1 Å². The van der Waals surface area contributed by atoms with E-state index in [1.165, 1.54) is 5.57 Å². The largest absolute Gasteiger partial charge is 0.478 e. The molecule has 0 heterocycles. The Morgan fingerprint density at radius 1 is 0.771 bits per heavy atom. The molecule has 2 rings (SSSR count). The van der Waals surface area contributed by atoms with Crippen molar-refractivity contribution >= 4 is 15.6 Å². The van der Waals surface area contributed by atoms with Gasteiger partial charge in [0.1, 0.15) is 11.5 Å². The van der Waals surface area contributed by atoms with Gasteiger partial charge >= 0.3 is 15.6 Å². The van der Waals surface area contributed by atoms with Crippen LogP contribution in [0.3, 0.4) is 0 Å². The highest BCUT2D eigenvalue weighted by molar-refractivity contribution is 7.48. The number of hydrogen-bond donors (Lipinski definition) is 0. The molecule has 0 bridgehead atoms. The van der Waals surface area contributed by atoms with Gasteiger partial charge in [-0.2, -0.15) is 0 Å². The van der Waals surface area contributed by atoms with Crippen LogP contribution >= 0.6 is 15.6 Å². The first-order chi connectivity index (χ1) is 22.4. The van der Waals surface area contributed by atoms with Crippen LogP contribution in [0.25, 0.3) is 0 Å². The van der Waals surface area contributed by atoms with Gasteiger partial charge in [-0.1, -0.05) is 73.0 Å². The van der Waals surface area contributed by atoms with E-state index in [0.717, 1.165) is 56.1 Å². The molecule has 0 fully saturated rings. The Morgan fingerprint density at radius 3 is 1.73 bits per heavy atom. The van der Waals surface area contributed by atoms with E-state index in [9.17, 15) is 9.13 Å². The maximum absolute atomic E-state index is 13.6. The molecule has 0 saturated carbocycles. The number of benzene rings is 1. The van der Waals surface area contributed by atoms with Crippen molar-refractivity contribution in [3.8, 4) is 11.5 Å². The smallest absolute Gasteiger partial charge is 0.466 e. The maximum atomic E-state index is 13.6. The molecule has 1 aliphatic rings. The van der Waals surface area contributed by atoms with Crippen molar-refractivity contribution < 1.29 is 45.7 Å². The number of ether oxygens (including phenoxy) is 2. The van der Waals surface area contributed by atoms with Crippen LogP contribution in [-0.2, 0) is 42.7 Å². The first-order valence-corrected chi connectivity index (χ1v) is 20.6. The van der Waals surface area contributed by atoms with Crippen LogP contribution in [0.15, 0.2) is 23.8 Å². The third kappa shape index (κ3) is 16.7. The van der Waals surface area contributed by atoms with Crippen molar-refractivity contribution in [2.45, 2.75) is 133 Å². The van der Waals surface area contributed by atoms with Gasteiger partial charge in [0.15, 0.2) is 13.6 Å². The van der Waals surface area contributed by atoms with Crippen LogP contribution in [0.2, 0.25) is 0 Å². The summed E-state index contributed by atoms with van der Waals surface area (Å²) in [5.74, 6) is 1.50. The van der Waals surface area contributed by atoms with Gasteiger partial charge in [0, 0.05) is 11.5 Å². The van der Waals surface area contributed by atoms with Crippen molar-refractivity contribution in [3.05, 3.63) is 34.9 Å². The Labute approximate surface area is 291 Å². The minimum Gasteiger partial charge on any atom is -0.466 e. The minimum atomic E-state index is -3.95. The Bertz CT molecular complexity index is 1210. The molecule has 0 aliphatic heterocycles. The van der Waals surface area contributed by atoms with Crippen LogP contribution < -0.4 is 9.47 Å². The van der Waals surface area contributed by atoms with E-state index in [2.05, 4.69) is 19.9 Å². The van der Waals surface area contributed by atoms with E-state index in [4.69, 9.17) is 36.6 Å². The molecule has 10 nitrogen and oxygen atoms in total. The molecule has 0 amide bonds. The van der Waals surface area contributed by atoms with Gasteiger partial charge in [-0.25, -0.2) is 18.2 Å². The zero-order valence-electron chi connectivity index (χ0n) is 31.5. The van der Waals surface area contributed by atoms with E-state index < -0.39 is 21.2 Å². The zero-order valence-corrected chi connectivity index (χ0v) is 33.3. The lowest BCUT2D eigenvalue weighted by molar-refractivity contribution is 0.00773. The summed E-state index contributed by atoms with van der Waals surface area (Å²) in [6, 6.07) is 4.01. The zero-order chi connectivity index (χ0) is 36.0. The Balaban J connectivity index is 2.46. The number of allylic oxidation sites excluding steroid dienone is 2. The Morgan fingerprint density at radius 2 is 1.27 bits per heavy atom. The van der Waals surface area contributed by atoms with Crippen LogP contribution in [0.1, 0.15) is 132 Å². The molecule has 0 radical (unpaired) electrons. The molecular formula is C36H64O10P2. The summed E-state index contributed by atoms with van der Waals surface area (Å²) in [5, 5.41) is 0. The summed E-state index contributed by atoms with van der Waals surface area (Å²) in [6.07, 6.45) is 9.11. The lowest BCUT2D eigenvalue weighted by atomic mass is 9.84. The average Bonchev–Trinajstić information content (AvgIpc) is 2.97. The number of rotatable bonds is 23. The van der Waals surface area contributed by atoms with Crippen molar-refractivity contribution in [1.82, 2.24) is 0 Å². The first kappa shape index (κ1) is 42.9. The molecule has 278 valence electrons. The molecule has 1 aromatic carbocycles. The normalized spacial score (nSPS) is 17.2. The van der Waals surface area contributed by atoms with Crippen molar-refractivity contribution in [2.75, 3.05) is 33.4 Å². The number of phosphoric ester groups is 2. The Kier molecular flexibility index (Phi) is 18.4. The maximum Gasteiger partial charge on any atom is 0.478 e. The molecule has 1 aliphatic carbocycles. The average molecular weight is 719 g/mol. The van der Waals surface area contributed by atoms with Gasteiger partial charge in [0.25, 0.3) is 0 Å². The molecule has 0 spiro atoms. The quantitative estimate of drug-likeness (QED) is 0.0469. The van der Waals surface area contributed by atoms with E-state index >= 15 is 0 Å². The van der Waals surface area contributed by atoms with Crippen LogP contribution in [0.5, 0.6) is 11.5 Å². The molecule has 2 atom stereocenters. The van der Waals surface area contributed by atoms with E-state index in [0.29, 0.717) is 11.5 Å². The van der Waals surface area contributed by atoms with E-state index in [1.807, 2.05) is 53.7 Å². The number of phosphoric acid groups is 2. The van der Waals surface area contributed by atoms with Crippen molar-refractivity contribution in [1.29, 1.82) is 0 Å². The van der Waals surface area contributed by atoms with Gasteiger partial charge in [0.05, 0.1) is 25.4 Å². The second kappa shape index (κ2) is 20.6. The number of hydrogen-bond acceptors (Lipinski definition) is 10. The minimum absolute atomic E-state index is 0.00977. The van der Waals surface area contributed by atoms with Crippen molar-refractivity contribution in [3.63, 3.8) is 0 Å².